The van der Waals surface area contributed by atoms with Crippen LogP contribution in [-0.2, 0) is 11.3 Å². The lowest BCUT2D eigenvalue weighted by atomic mass is 9.97. The van der Waals surface area contributed by atoms with Gasteiger partial charge in [0.25, 0.3) is 0 Å². The minimum Gasteiger partial charge on any atom is -0.380 e. The molecule has 1 aromatic heterocycles. The number of thiophene rings is 1. The Morgan fingerprint density at radius 3 is 3.17 bits per heavy atom. The van der Waals surface area contributed by atoms with E-state index in [1.165, 1.54) is 11.6 Å². The number of ether oxygens (including phenoxy) is 1. The third-order valence-corrected chi connectivity index (χ3v) is 5.52. The van der Waals surface area contributed by atoms with Crippen LogP contribution >= 0.6 is 11.3 Å². The molecule has 0 amide bonds. The molecule has 4 rings (SSSR count). The standard InChI is InChI=1S/C18H21FN2OS/c19-15-2-1-3-16(8-15)20-17-9-18(22-11-17)5-6-21(13-18)10-14-4-7-23-12-14/h1-4,7-8,12,17,20H,5-6,9-11,13H2/t17-,18-/m1/s1. The number of likely N-dealkylation sites (tertiary alicyclic amines) is 1. The molecule has 5 heteroatoms. The molecule has 1 N–H and O–H groups in total. The Labute approximate surface area is 140 Å². The molecule has 2 aliphatic rings. The van der Waals surface area contributed by atoms with E-state index in [-0.39, 0.29) is 17.5 Å². The average Bonchev–Trinajstić information content (AvgIpc) is 3.24. The number of anilines is 1. The highest BCUT2D eigenvalue weighted by Gasteiger charge is 2.45. The van der Waals surface area contributed by atoms with Gasteiger partial charge in [-0.1, -0.05) is 6.07 Å². The molecule has 1 spiro atoms. The van der Waals surface area contributed by atoms with Gasteiger partial charge in [-0.2, -0.15) is 11.3 Å². The van der Waals surface area contributed by atoms with Crippen LogP contribution in [0.25, 0.3) is 0 Å². The molecule has 122 valence electrons. The van der Waals surface area contributed by atoms with E-state index in [9.17, 15) is 4.39 Å². The van der Waals surface area contributed by atoms with Crippen molar-refractivity contribution in [1.29, 1.82) is 0 Å². The van der Waals surface area contributed by atoms with E-state index in [2.05, 4.69) is 27.0 Å². The first kappa shape index (κ1) is 15.1. The summed E-state index contributed by atoms with van der Waals surface area (Å²) in [6, 6.07) is 9.12. The zero-order chi connectivity index (χ0) is 15.7. The molecule has 0 saturated carbocycles. The Bertz CT molecular complexity index is 663. The third kappa shape index (κ3) is 3.42. The molecule has 23 heavy (non-hydrogen) atoms. The maximum absolute atomic E-state index is 13.3. The second kappa shape index (κ2) is 6.23. The maximum Gasteiger partial charge on any atom is 0.125 e. The number of hydrogen-bond acceptors (Lipinski definition) is 4. The average molecular weight is 332 g/mol. The van der Waals surface area contributed by atoms with E-state index in [4.69, 9.17) is 4.74 Å². The lowest BCUT2D eigenvalue weighted by Crippen LogP contribution is -2.33. The highest BCUT2D eigenvalue weighted by atomic mass is 32.1. The Morgan fingerprint density at radius 2 is 2.35 bits per heavy atom. The van der Waals surface area contributed by atoms with Crippen molar-refractivity contribution in [2.45, 2.75) is 31.0 Å². The summed E-state index contributed by atoms with van der Waals surface area (Å²) in [5, 5.41) is 7.76. The molecule has 2 aliphatic heterocycles. The lowest BCUT2D eigenvalue weighted by molar-refractivity contribution is 0.0120. The molecule has 3 nitrogen and oxygen atoms in total. The largest absolute Gasteiger partial charge is 0.380 e. The smallest absolute Gasteiger partial charge is 0.125 e. The fourth-order valence-electron chi connectivity index (χ4n) is 3.74. The first-order chi connectivity index (χ1) is 11.2. The van der Waals surface area contributed by atoms with Crippen LogP contribution in [0.2, 0.25) is 0 Å². The Morgan fingerprint density at radius 1 is 1.39 bits per heavy atom. The predicted molar refractivity (Wildman–Crippen MR) is 91.3 cm³/mol. The Kier molecular flexibility index (Phi) is 4.09. The van der Waals surface area contributed by atoms with E-state index in [1.807, 2.05) is 6.07 Å². The second-order valence-electron chi connectivity index (χ2n) is 6.64. The van der Waals surface area contributed by atoms with E-state index < -0.39 is 0 Å². The summed E-state index contributed by atoms with van der Waals surface area (Å²) in [5.41, 5.74) is 2.20. The Hall–Kier alpha value is -1.43. The molecule has 0 bridgehead atoms. The fourth-order valence-corrected chi connectivity index (χ4v) is 4.40. The van der Waals surface area contributed by atoms with Crippen LogP contribution in [0.1, 0.15) is 18.4 Å². The molecule has 2 fully saturated rings. The molecule has 0 unspecified atom stereocenters. The van der Waals surface area contributed by atoms with Crippen LogP contribution < -0.4 is 5.32 Å². The molecule has 1 aromatic carbocycles. The number of hydrogen-bond donors (Lipinski definition) is 1. The van der Waals surface area contributed by atoms with E-state index in [0.717, 1.165) is 38.2 Å². The number of benzene rings is 1. The van der Waals surface area contributed by atoms with Gasteiger partial charge < -0.3 is 10.1 Å². The van der Waals surface area contributed by atoms with Gasteiger partial charge in [-0.3, -0.25) is 4.90 Å². The van der Waals surface area contributed by atoms with Gasteiger partial charge in [0.2, 0.25) is 0 Å². The van der Waals surface area contributed by atoms with E-state index >= 15 is 0 Å². The molecule has 2 atom stereocenters. The molecular formula is C18H21FN2OS. The molecular weight excluding hydrogens is 311 g/mol. The van der Waals surface area contributed by atoms with Crippen LogP contribution in [0.5, 0.6) is 0 Å². The predicted octanol–water partition coefficient (Wildman–Crippen LogP) is 3.73. The van der Waals surface area contributed by atoms with E-state index in [0.29, 0.717) is 6.61 Å². The van der Waals surface area contributed by atoms with Crippen molar-refractivity contribution in [2.24, 2.45) is 0 Å². The van der Waals surface area contributed by atoms with Crippen molar-refractivity contribution in [3.8, 4) is 0 Å². The van der Waals surface area contributed by atoms with Crippen molar-refractivity contribution in [1.82, 2.24) is 4.90 Å². The minimum absolute atomic E-state index is 0.0268. The number of nitrogens with one attached hydrogen (secondary N) is 1. The third-order valence-electron chi connectivity index (χ3n) is 4.79. The van der Waals surface area contributed by atoms with Crippen molar-refractivity contribution in [3.63, 3.8) is 0 Å². The van der Waals surface area contributed by atoms with Crippen molar-refractivity contribution in [3.05, 3.63) is 52.5 Å². The highest BCUT2D eigenvalue weighted by Crippen LogP contribution is 2.36. The van der Waals surface area contributed by atoms with Crippen LogP contribution in [-0.4, -0.2) is 36.2 Å². The second-order valence-corrected chi connectivity index (χ2v) is 7.42. The van der Waals surface area contributed by atoms with Gasteiger partial charge in [0.15, 0.2) is 0 Å². The van der Waals surface area contributed by atoms with Gasteiger partial charge in [0.05, 0.1) is 18.2 Å². The van der Waals surface area contributed by atoms with Crippen molar-refractivity contribution >= 4 is 17.0 Å². The number of nitrogens with zero attached hydrogens (tertiary/aromatic N) is 1. The van der Waals surface area contributed by atoms with E-state index in [1.54, 1.807) is 23.5 Å². The summed E-state index contributed by atoms with van der Waals surface area (Å²) in [6.45, 7) is 3.78. The quantitative estimate of drug-likeness (QED) is 0.923. The minimum atomic E-state index is -0.202. The summed E-state index contributed by atoms with van der Waals surface area (Å²) in [7, 11) is 0. The Balaban J connectivity index is 1.34. The summed E-state index contributed by atoms with van der Waals surface area (Å²) in [4.78, 5) is 2.48. The van der Waals surface area contributed by atoms with Gasteiger partial charge in [-0.15, -0.1) is 0 Å². The first-order valence-electron chi connectivity index (χ1n) is 8.10. The van der Waals surface area contributed by atoms with Crippen LogP contribution in [0, 0.1) is 5.82 Å². The van der Waals surface area contributed by atoms with Crippen LogP contribution in [0.3, 0.4) is 0 Å². The fraction of sp³-hybridized carbons (Fsp3) is 0.444. The van der Waals surface area contributed by atoms with Gasteiger partial charge in [0.1, 0.15) is 5.82 Å². The van der Waals surface area contributed by atoms with Crippen molar-refractivity contribution < 1.29 is 9.13 Å². The zero-order valence-corrected chi connectivity index (χ0v) is 13.8. The zero-order valence-electron chi connectivity index (χ0n) is 13.0. The van der Waals surface area contributed by atoms with Crippen molar-refractivity contribution in [2.75, 3.05) is 25.0 Å². The summed E-state index contributed by atoms with van der Waals surface area (Å²) in [5.74, 6) is -0.202. The first-order valence-corrected chi connectivity index (χ1v) is 9.05. The maximum atomic E-state index is 13.3. The van der Waals surface area contributed by atoms with Gasteiger partial charge in [-0.05, 0) is 47.0 Å². The monoisotopic (exact) mass is 332 g/mol. The highest BCUT2D eigenvalue weighted by molar-refractivity contribution is 7.07. The normalized spacial score (nSPS) is 27.8. The molecule has 0 aliphatic carbocycles. The summed E-state index contributed by atoms with van der Waals surface area (Å²) in [6.07, 6.45) is 2.07. The number of halogens is 1. The summed E-state index contributed by atoms with van der Waals surface area (Å²) >= 11 is 1.75. The molecule has 0 radical (unpaired) electrons. The SMILES string of the molecule is Fc1cccc(N[C@H]2CO[C@]3(CCN(Cc4ccsc4)C3)C2)c1. The van der Waals surface area contributed by atoms with Gasteiger partial charge >= 0.3 is 0 Å². The van der Waals surface area contributed by atoms with Gasteiger partial charge in [-0.25, -0.2) is 4.39 Å². The summed E-state index contributed by atoms with van der Waals surface area (Å²) < 4.78 is 19.5. The number of rotatable bonds is 4. The topological polar surface area (TPSA) is 24.5 Å². The lowest BCUT2D eigenvalue weighted by Gasteiger charge is -2.23. The molecule has 2 aromatic rings. The van der Waals surface area contributed by atoms with Gasteiger partial charge in [0, 0.05) is 31.7 Å². The molecule has 2 saturated heterocycles. The molecule has 3 heterocycles. The van der Waals surface area contributed by atoms with Crippen LogP contribution in [0.15, 0.2) is 41.1 Å². The van der Waals surface area contributed by atoms with Crippen LogP contribution in [0.4, 0.5) is 10.1 Å².